The lowest BCUT2D eigenvalue weighted by molar-refractivity contribution is -0.134. The second-order valence-corrected chi connectivity index (χ2v) is 8.09. The van der Waals surface area contributed by atoms with Crippen LogP contribution in [0.3, 0.4) is 0 Å². The minimum Gasteiger partial charge on any atom is -0.448 e. The van der Waals surface area contributed by atoms with Crippen molar-refractivity contribution in [2.24, 2.45) is 0 Å². The zero-order valence-corrected chi connectivity index (χ0v) is 18.4. The summed E-state index contributed by atoms with van der Waals surface area (Å²) < 4.78 is 7.99. The van der Waals surface area contributed by atoms with Crippen LogP contribution in [-0.4, -0.2) is 26.9 Å². The number of amides is 1. The Morgan fingerprint density at radius 3 is 2.70 bits per heavy atom. The van der Waals surface area contributed by atoms with Gasteiger partial charge in [0.2, 0.25) is 11.5 Å². The first-order valence-corrected chi connectivity index (χ1v) is 10.7. The molecule has 0 aliphatic rings. The molecule has 0 radical (unpaired) electrons. The topological polar surface area (TPSA) is 68.3 Å². The number of aromatic nitrogens is 2. The first kappa shape index (κ1) is 20.3. The van der Waals surface area contributed by atoms with Gasteiger partial charge >= 0.3 is 0 Å². The van der Waals surface area contributed by atoms with E-state index in [9.17, 15) is 9.59 Å². The van der Waals surface area contributed by atoms with Crippen molar-refractivity contribution in [1.29, 1.82) is 0 Å². The van der Waals surface area contributed by atoms with Crippen molar-refractivity contribution < 1.29 is 9.21 Å². The molecule has 0 fully saturated rings. The molecule has 1 atom stereocenters. The summed E-state index contributed by atoms with van der Waals surface area (Å²) in [7, 11) is 0. The highest BCUT2D eigenvalue weighted by molar-refractivity contribution is 9.10. The van der Waals surface area contributed by atoms with Gasteiger partial charge in [0, 0.05) is 16.4 Å². The van der Waals surface area contributed by atoms with Crippen LogP contribution in [0.4, 0.5) is 0 Å². The van der Waals surface area contributed by atoms with Crippen LogP contribution in [0.1, 0.15) is 31.9 Å². The Hall–Kier alpha value is -2.93. The van der Waals surface area contributed by atoms with Gasteiger partial charge in [-0.2, -0.15) is 0 Å². The van der Waals surface area contributed by atoms with Crippen molar-refractivity contribution in [2.75, 3.05) is 6.54 Å². The van der Waals surface area contributed by atoms with E-state index in [4.69, 9.17) is 4.42 Å². The Kier molecular flexibility index (Phi) is 5.72. The predicted octanol–water partition coefficient (Wildman–Crippen LogP) is 4.91. The Labute approximate surface area is 182 Å². The predicted molar refractivity (Wildman–Crippen MR) is 120 cm³/mol. The highest BCUT2D eigenvalue weighted by atomic mass is 79.9. The number of nitrogens with zero attached hydrogens (tertiary/aromatic N) is 3. The van der Waals surface area contributed by atoms with Crippen LogP contribution in [-0.2, 0) is 11.3 Å². The van der Waals surface area contributed by atoms with Crippen LogP contribution in [0.5, 0.6) is 0 Å². The summed E-state index contributed by atoms with van der Waals surface area (Å²) in [5.41, 5.74) is 1.97. The van der Waals surface area contributed by atoms with Gasteiger partial charge in [-0.3, -0.25) is 14.2 Å². The highest BCUT2D eigenvalue weighted by Gasteiger charge is 2.23. The Balaban J connectivity index is 1.66. The molecule has 0 aliphatic heterocycles. The number of carbonyl (C=O) groups is 1. The number of hydrogen-bond donors (Lipinski definition) is 0. The lowest BCUT2D eigenvalue weighted by atomic mass is 10.1. The van der Waals surface area contributed by atoms with Crippen LogP contribution < -0.4 is 5.56 Å². The van der Waals surface area contributed by atoms with E-state index in [1.165, 1.54) is 10.9 Å². The van der Waals surface area contributed by atoms with E-state index in [0.717, 1.165) is 21.8 Å². The maximum Gasteiger partial charge on any atom is 0.297 e. The van der Waals surface area contributed by atoms with Gasteiger partial charge in [-0.1, -0.05) is 53.2 Å². The number of rotatable bonds is 6. The van der Waals surface area contributed by atoms with Gasteiger partial charge in [0.05, 0.1) is 12.4 Å². The number of furan rings is 1. The molecule has 4 aromatic rings. The lowest BCUT2D eigenvalue weighted by Crippen LogP contribution is -2.38. The zero-order chi connectivity index (χ0) is 21.3. The second kappa shape index (κ2) is 8.44. The van der Waals surface area contributed by atoms with E-state index in [2.05, 4.69) is 20.9 Å². The van der Waals surface area contributed by atoms with E-state index < -0.39 is 0 Å². The number of hydrogen-bond acceptors (Lipinski definition) is 4. The Morgan fingerprint density at radius 1 is 1.20 bits per heavy atom. The molecular weight excluding hydrogens is 446 g/mol. The van der Waals surface area contributed by atoms with Crippen LogP contribution >= 0.6 is 15.9 Å². The molecule has 154 valence electrons. The Bertz CT molecular complexity index is 1280. The summed E-state index contributed by atoms with van der Waals surface area (Å²) in [5, 5.41) is 0.790. The third kappa shape index (κ3) is 3.65. The monoisotopic (exact) mass is 467 g/mol. The largest absolute Gasteiger partial charge is 0.448 e. The van der Waals surface area contributed by atoms with Crippen molar-refractivity contribution in [1.82, 2.24) is 14.5 Å². The van der Waals surface area contributed by atoms with Gasteiger partial charge in [-0.05, 0) is 37.1 Å². The third-order valence-corrected chi connectivity index (χ3v) is 5.99. The lowest BCUT2D eigenvalue weighted by Gasteiger charge is -2.30. The molecule has 0 saturated carbocycles. The number of benzene rings is 2. The summed E-state index contributed by atoms with van der Waals surface area (Å²) in [6.45, 7) is 4.53. The molecule has 4 rings (SSSR count). The number of halogens is 1. The summed E-state index contributed by atoms with van der Waals surface area (Å²) in [6.07, 6.45) is 2.24. The van der Waals surface area contributed by atoms with Gasteiger partial charge in [-0.15, -0.1) is 0 Å². The smallest absolute Gasteiger partial charge is 0.297 e. The van der Waals surface area contributed by atoms with E-state index in [1.54, 1.807) is 11.0 Å². The summed E-state index contributed by atoms with van der Waals surface area (Å²) >= 11 is 3.57. The van der Waals surface area contributed by atoms with Gasteiger partial charge < -0.3 is 9.32 Å². The van der Waals surface area contributed by atoms with Crippen molar-refractivity contribution in [3.8, 4) is 0 Å². The zero-order valence-electron chi connectivity index (χ0n) is 16.8. The van der Waals surface area contributed by atoms with Gasteiger partial charge in [0.1, 0.15) is 17.6 Å². The average molecular weight is 468 g/mol. The van der Waals surface area contributed by atoms with Crippen molar-refractivity contribution in [2.45, 2.75) is 32.9 Å². The quantitative estimate of drug-likeness (QED) is 0.404. The van der Waals surface area contributed by atoms with Crippen LogP contribution in [0.15, 0.2) is 68.5 Å². The van der Waals surface area contributed by atoms with E-state index >= 15 is 0 Å². The van der Waals surface area contributed by atoms with E-state index in [1.807, 2.05) is 56.3 Å². The first-order valence-electron chi connectivity index (χ1n) is 9.91. The summed E-state index contributed by atoms with van der Waals surface area (Å²) in [5.74, 6) is -0.139. The maximum atomic E-state index is 13.2. The first-order chi connectivity index (χ1) is 14.5. The second-order valence-electron chi connectivity index (χ2n) is 7.24. The molecule has 6 nitrogen and oxygen atoms in total. The van der Waals surface area contributed by atoms with Crippen LogP contribution in [0.25, 0.3) is 22.1 Å². The normalized spacial score (nSPS) is 12.4. The molecule has 1 unspecified atom stereocenters. The van der Waals surface area contributed by atoms with Crippen molar-refractivity contribution in [3.63, 3.8) is 0 Å². The molecular formula is C23H22BrN3O3. The molecule has 1 amide bonds. The third-order valence-electron chi connectivity index (χ3n) is 5.26. The van der Waals surface area contributed by atoms with Gasteiger partial charge in [0.25, 0.3) is 5.56 Å². The SMILES string of the molecule is CCCN(C(=O)Cn1cnc2c(oc3ccccc32)c1=O)C(C)c1ccccc1Br. The molecule has 2 aromatic heterocycles. The fourth-order valence-electron chi connectivity index (χ4n) is 3.72. The highest BCUT2D eigenvalue weighted by Crippen LogP contribution is 2.28. The molecule has 0 N–H and O–H groups in total. The van der Waals surface area contributed by atoms with Crippen LogP contribution in [0.2, 0.25) is 0 Å². The standard InChI is InChI=1S/C23H22BrN3O3/c1-3-12-27(15(2)16-8-4-6-10-18(16)24)20(28)13-26-14-25-21-17-9-5-7-11-19(17)30-22(21)23(26)29/h4-11,14-15H,3,12-13H2,1-2H3. The summed E-state index contributed by atoms with van der Waals surface area (Å²) in [4.78, 5) is 32.3. The number of para-hydroxylation sites is 1. The van der Waals surface area contributed by atoms with Crippen molar-refractivity contribution >= 4 is 43.9 Å². The summed E-state index contributed by atoms with van der Waals surface area (Å²) in [6, 6.07) is 15.1. The number of fused-ring (bicyclic) bond motifs is 3. The minimum atomic E-state index is -0.352. The molecule has 2 aromatic carbocycles. The molecule has 2 heterocycles. The van der Waals surface area contributed by atoms with Gasteiger partial charge in [-0.25, -0.2) is 4.98 Å². The number of carbonyl (C=O) groups excluding carboxylic acids is 1. The molecule has 0 bridgehead atoms. The fraction of sp³-hybridized carbons (Fsp3) is 0.261. The maximum absolute atomic E-state index is 13.2. The minimum absolute atomic E-state index is 0.0897. The van der Waals surface area contributed by atoms with Crippen molar-refractivity contribution in [3.05, 3.63) is 75.2 Å². The fourth-order valence-corrected chi connectivity index (χ4v) is 4.34. The Morgan fingerprint density at radius 2 is 1.93 bits per heavy atom. The molecule has 0 aliphatic carbocycles. The van der Waals surface area contributed by atoms with Gasteiger partial charge in [0.15, 0.2) is 0 Å². The molecule has 7 heteroatoms. The molecule has 0 spiro atoms. The average Bonchev–Trinajstić information content (AvgIpc) is 3.13. The molecule has 0 saturated heterocycles. The molecule has 30 heavy (non-hydrogen) atoms. The van der Waals surface area contributed by atoms with Crippen LogP contribution in [0, 0.1) is 0 Å². The van der Waals surface area contributed by atoms with E-state index in [0.29, 0.717) is 17.6 Å². The van der Waals surface area contributed by atoms with E-state index in [-0.39, 0.29) is 29.6 Å².